The van der Waals surface area contributed by atoms with E-state index in [1.54, 1.807) is 13.1 Å². The molecule has 1 aromatic carbocycles. The van der Waals surface area contributed by atoms with Crippen molar-refractivity contribution in [2.45, 2.75) is 39.2 Å². The number of hydrogen-bond acceptors (Lipinski definition) is 2. The van der Waals surface area contributed by atoms with Crippen LogP contribution in [0.15, 0.2) is 27.7 Å². The number of carbonyl (C=O) groups excluding carboxylic acids is 1. The van der Waals surface area contributed by atoms with Crippen molar-refractivity contribution >= 4 is 27.8 Å². The Hall–Kier alpha value is -1.63. The molecule has 0 aliphatic carbocycles. The molecule has 0 fully saturated rings. The summed E-state index contributed by atoms with van der Waals surface area (Å²) in [5.74, 6) is 0.253. The van der Waals surface area contributed by atoms with Crippen molar-refractivity contribution in [3.05, 3.63) is 34.1 Å². The minimum absolute atomic E-state index is 0.0950. The number of aryl methyl sites for hydroxylation is 1. The van der Waals surface area contributed by atoms with Crippen LogP contribution in [0.2, 0.25) is 0 Å². The summed E-state index contributed by atoms with van der Waals surface area (Å²) in [7, 11) is 1.64. The Morgan fingerprint density at radius 3 is 2.58 bits per heavy atom. The maximum Gasteiger partial charge on any atom is 0.239 e. The molecular formula is C17H26BrFN4O. The average Bonchev–Trinajstić information content (AvgIpc) is 2.46. The molecule has 0 aliphatic heterocycles. The molecule has 5 nitrogen and oxygen atoms in total. The largest absolute Gasteiger partial charge is 0.356 e. The van der Waals surface area contributed by atoms with Gasteiger partial charge in [0, 0.05) is 23.6 Å². The van der Waals surface area contributed by atoms with Gasteiger partial charge in [0.05, 0.1) is 6.54 Å². The first kappa shape index (κ1) is 20.4. The molecule has 0 radical (unpaired) electrons. The summed E-state index contributed by atoms with van der Waals surface area (Å²) >= 11 is 3.24. The van der Waals surface area contributed by atoms with Crippen LogP contribution in [0.3, 0.4) is 0 Å². The number of carbonyl (C=O) groups is 1. The molecule has 0 bridgehead atoms. The number of benzene rings is 1. The van der Waals surface area contributed by atoms with Gasteiger partial charge in [-0.1, -0.05) is 22.0 Å². The first-order valence-corrected chi connectivity index (χ1v) is 8.70. The van der Waals surface area contributed by atoms with Crippen molar-refractivity contribution in [1.82, 2.24) is 16.0 Å². The second kappa shape index (κ2) is 9.61. The Bertz CT molecular complexity index is 584. The first-order chi connectivity index (χ1) is 11.2. The Kier molecular flexibility index (Phi) is 8.18. The van der Waals surface area contributed by atoms with Crippen LogP contribution in [0, 0.1) is 5.82 Å². The zero-order chi connectivity index (χ0) is 18.2. The number of amides is 1. The molecule has 0 aromatic heterocycles. The highest BCUT2D eigenvalue weighted by atomic mass is 79.9. The van der Waals surface area contributed by atoms with Gasteiger partial charge < -0.3 is 16.0 Å². The minimum atomic E-state index is -0.259. The lowest BCUT2D eigenvalue weighted by Gasteiger charge is -2.21. The molecule has 0 unspecified atom stereocenters. The molecule has 7 heteroatoms. The van der Waals surface area contributed by atoms with Crippen molar-refractivity contribution in [3.63, 3.8) is 0 Å². The lowest BCUT2D eigenvalue weighted by molar-refractivity contribution is -0.121. The van der Waals surface area contributed by atoms with Crippen molar-refractivity contribution in [2.75, 3.05) is 20.1 Å². The van der Waals surface area contributed by atoms with E-state index in [0.717, 1.165) is 10.9 Å². The second-order valence-corrected chi connectivity index (χ2v) is 7.41. The third-order valence-electron chi connectivity index (χ3n) is 3.08. The van der Waals surface area contributed by atoms with Crippen molar-refractivity contribution < 1.29 is 9.18 Å². The number of rotatable bonds is 6. The predicted molar refractivity (Wildman–Crippen MR) is 99.7 cm³/mol. The van der Waals surface area contributed by atoms with E-state index in [1.807, 2.05) is 26.8 Å². The maximum absolute atomic E-state index is 13.7. The zero-order valence-electron chi connectivity index (χ0n) is 14.7. The van der Waals surface area contributed by atoms with Gasteiger partial charge in [-0.05, 0) is 51.3 Å². The smallest absolute Gasteiger partial charge is 0.239 e. The summed E-state index contributed by atoms with van der Waals surface area (Å²) in [6, 6.07) is 5.08. The second-order valence-electron chi connectivity index (χ2n) is 6.49. The van der Waals surface area contributed by atoms with Crippen LogP contribution >= 0.6 is 15.9 Å². The van der Waals surface area contributed by atoms with Gasteiger partial charge in [-0.3, -0.25) is 9.79 Å². The summed E-state index contributed by atoms with van der Waals surface area (Å²) < 4.78 is 14.5. The van der Waals surface area contributed by atoms with Gasteiger partial charge in [0.25, 0.3) is 0 Å². The quantitative estimate of drug-likeness (QED) is 0.390. The first-order valence-electron chi connectivity index (χ1n) is 7.91. The summed E-state index contributed by atoms with van der Waals surface area (Å²) in [5.41, 5.74) is 0.428. The number of nitrogens with zero attached hydrogens (tertiary/aromatic N) is 1. The van der Waals surface area contributed by atoms with E-state index >= 15 is 0 Å². The molecule has 3 N–H and O–H groups in total. The number of nitrogens with one attached hydrogen (secondary N) is 3. The van der Waals surface area contributed by atoms with Crippen LogP contribution in [-0.4, -0.2) is 37.5 Å². The summed E-state index contributed by atoms with van der Waals surface area (Å²) in [6.45, 7) is 6.58. The highest BCUT2D eigenvalue weighted by molar-refractivity contribution is 9.10. The van der Waals surface area contributed by atoms with Gasteiger partial charge in [0.2, 0.25) is 5.91 Å². The molecule has 0 saturated heterocycles. The fraction of sp³-hybridized carbons (Fsp3) is 0.529. The lowest BCUT2D eigenvalue weighted by Crippen LogP contribution is -2.48. The molecule has 0 atom stereocenters. The van der Waals surface area contributed by atoms with Crippen LogP contribution in [0.1, 0.15) is 32.8 Å². The van der Waals surface area contributed by atoms with E-state index in [0.29, 0.717) is 24.5 Å². The lowest BCUT2D eigenvalue weighted by atomic mass is 10.1. The van der Waals surface area contributed by atoms with Crippen molar-refractivity contribution in [1.29, 1.82) is 0 Å². The van der Waals surface area contributed by atoms with E-state index in [4.69, 9.17) is 0 Å². The van der Waals surface area contributed by atoms with Gasteiger partial charge >= 0.3 is 0 Å². The van der Waals surface area contributed by atoms with Crippen LogP contribution in [-0.2, 0) is 11.2 Å². The molecule has 1 rings (SSSR count). The van der Waals surface area contributed by atoms with E-state index < -0.39 is 0 Å². The maximum atomic E-state index is 13.7. The van der Waals surface area contributed by atoms with Crippen molar-refractivity contribution in [2.24, 2.45) is 4.99 Å². The van der Waals surface area contributed by atoms with Gasteiger partial charge in [-0.15, -0.1) is 0 Å². The monoisotopic (exact) mass is 400 g/mol. The minimum Gasteiger partial charge on any atom is -0.356 e. The average molecular weight is 401 g/mol. The molecule has 0 aliphatic rings. The summed E-state index contributed by atoms with van der Waals surface area (Å²) in [5, 5.41) is 8.94. The van der Waals surface area contributed by atoms with Gasteiger partial charge in [-0.25, -0.2) is 4.39 Å². The van der Waals surface area contributed by atoms with E-state index in [1.165, 1.54) is 6.07 Å². The SMILES string of the molecule is CN=C(NCCCc1ccc(Br)cc1F)NCC(=O)NC(C)(C)C. The number of aliphatic imine (C=N–C) groups is 1. The summed E-state index contributed by atoms with van der Waals surface area (Å²) in [4.78, 5) is 15.8. The number of guanidine groups is 1. The Balaban J connectivity index is 2.30. The molecular weight excluding hydrogens is 375 g/mol. The van der Waals surface area contributed by atoms with Gasteiger partial charge in [-0.2, -0.15) is 0 Å². The van der Waals surface area contributed by atoms with E-state index in [2.05, 4.69) is 36.9 Å². The highest BCUT2D eigenvalue weighted by Gasteiger charge is 2.13. The third kappa shape index (κ3) is 8.29. The highest BCUT2D eigenvalue weighted by Crippen LogP contribution is 2.16. The van der Waals surface area contributed by atoms with E-state index in [-0.39, 0.29) is 23.8 Å². The van der Waals surface area contributed by atoms with Crippen LogP contribution in [0.4, 0.5) is 4.39 Å². The third-order valence-corrected chi connectivity index (χ3v) is 3.58. The Morgan fingerprint density at radius 2 is 2.00 bits per heavy atom. The molecule has 0 saturated carbocycles. The van der Waals surface area contributed by atoms with Gasteiger partial charge in [0.1, 0.15) is 5.82 Å². The fourth-order valence-electron chi connectivity index (χ4n) is 2.06. The van der Waals surface area contributed by atoms with Crippen LogP contribution < -0.4 is 16.0 Å². The Labute approximate surface area is 151 Å². The van der Waals surface area contributed by atoms with Crippen LogP contribution in [0.5, 0.6) is 0 Å². The zero-order valence-corrected chi connectivity index (χ0v) is 16.3. The van der Waals surface area contributed by atoms with E-state index in [9.17, 15) is 9.18 Å². The topological polar surface area (TPSA) is 65.5 Å². The standard InChI is InChI=1S/C17H26BrFN4O/c1-17(2,3)23-15(24)11-22-16(20-4)21-9-5-6-12-7-8-13(18)10-14(12)19/h7-8,10H,5-6,9,11H2,1-4H3,(H,23,24)(H2,20,21,22). The Morgan fingerprint density at radius 1 is 1.29 bits per heavy atom. The molecule has 134 valence electrons. The van der Waals surface area contributed by atoms with Crippen LogP contribution in [0.25, 0.3) is 0 Å². The molecule has 24 heavy (non-hydrogen) atoms. The number of halogens is 2. The van der Waals surface area contributed by atoms with Crippen molar-refractivity contribution in [3.8, 4) is 0 Å². The summed E-state index contributed by atoms with van der Waals surface area (Å²) in [6.07, 6.45) is 1.39. The van der Waals surface area contributed by atoms with Gasteiger partial charge in [0.15, 0.2) is 5.96 Å². The normalized spacial score (nSPS) is 12.0. The molecule has 1 amide bonds. The molecule has 0 spiro atoms. The molecule has 0 heterocycles. The fourth-order valence-corrected chi connectivity index (χ4v) is 2.39. The number of hydrogen-bond donors (Lipinski definition) is 3. The predicted octanol–water partition coefficient (Wildman–Crippen LogP) is 2.60. The molecule has 1 aromatic rings.